The van der Waals surface area contributed by atoms with Gasteiger partial charge in [0.2, 0.25) is 5.91 Å². The van der Waals surface area contributed by atoms with Crippen LogP contribution >= 0.6 is 0 Å². The highest BCUT2D eigenvalue weighted by Gasteiger charge is 2.47. The second-order valence-electron chi connectivity index (χ2n) is 19.7. The van der Waals surface area contributed by atoms with Crippen LogP contribution in [-0.4, -0.2) is 99.6 Å². The third-order valence-electron chi connectivity index (χ3n) is 12.9. The number of aliphatic hydroxyl groups is 5. The van der Waals surface area contributed by atoms with Crippen LogP contribution in [0.2, 0.25) is 0 Å². The van der Waals surface area contributed by atoms with E-state index in [0.717, 1.165) is 103 Å². The maximum Gasteiger partial charge on any atom is 0.306 e. The summed E-state index contributed by atoms with van der Waals surface area (Å²) in [5.74, 6) is -1.30. The molecule has 0 aromatic rings. The molecule has 8 unspecified atom stereocenters. The predicted octanol–water partition coefficient (Wildman–Crippen LogP) is 13.7. The Morgan fingerprint density at radius 2 is 1.01 bits per heavy atom. The number of amides is 1. The lowest BCUT2D eigenvalue weighted by Crippen LogP contribution is -2.61. The summed E-state index contributed by atoms with van der Waals surface area (Å²) in [7, 11) is 0. The summed E-state index contributed by atoms with van der Waals surface area (Å²) in [6.45, 7) is 5.45. The summed E-state index contributed by atoms with van der Waals surface area (Å²) in [4.78, 5) is 26.4. The smallest absolute Gasteiger partial charge is 0.306 e. The molecule has 0 aliphatic carbocycles. The minimum absolute atomic E-state index is 0.0183. The van der Waals surface area contributed by atoms with Crippen molar-refractivity contribution in [1.82, 2.24) is 5.32 Å². The maximum atomic E-state index is 13.4. The molecule has 11 nitrogen and oxygen atoms in total. The molecule has 1 rings (SSSR count). The topological polar surface area (TPSA) is 175 Å². The molecule has 6 N–H and O–H groups in total. The van der Waals surface area contributed by atoms with Crippen LogP contribution < -0.4 is 5.32 Å². The molecule has 1 amide bonds. The zero-order chi connectivity index (χ0) is 55.4. The van der Waals surface area contributed by atoms with Crippen LogP contribution in [0.25, 0.3) is 0 Å². The number of rotatable bonds is 47. The van der Waals surface area contributed by atoms with E-state index < -0.39 is 67.4 Å². The Kier molecular flexibility index (Phi) is 47.4. The van der Waals surface area contributed by atoms with Crippen molar-refractivity contribution in [3.8, 4) is 0 Å². The molecule has 0 aromatic heterocycles. The van der Waals surface area contributed by atoms with Gasteiger partial charge in [-0.3, -0.25) is 9.59 Å². The lowest BCUT2D eigenvalue weighted by atomic mass is 9.99. The summed E-state index contributed by atoms with van der Waals surface area (Å²) in [6.07, 6.45) is 62.2. The van der Waals surface area contributed by atoms with E-state index in [9.17, 15) is 35.1 Å². The van der Waals surface area contributed by atoms with Gasteiger partial charge >= 0.3 is 5.97 Å². The van der Waals surface area contributed by atoms with E-state index in [0.29, 0.717) is 19.3 Å². The Morgan fingerprint density at radius 1 is 0.539 bits per heavy atom. The highest BCUT2D eigenvalue weighted by atomic mass is 16.7. The van der Waals surface area contributed by atoms with Crippen molar-refractivity contribution < 1.29 is 49.3 Å². The average molecular weight is 1060 g/mol. The molecule has 11 heteroatoms. The monoisotopic (exact) mass is 1060 g/mol. The van der Waals surface area contributed by atoms with E-state index in [1.807, 2.05) is 60.8 Å². The highest BCUT2D eigenvalue weighted by Crippen LogP contribution is 2.26. The summed E-state index contributed by atoms with van der Waals surface area (Å²) >= 11 is 0. The molecule has 1 aliphatic rings. The molecule has 1 aliphatic heterocycles. The third kappa shape index (κ3) is 39.2. The van der Waals surface area contributed by atoms with Crippen LogP contribution in [-0.2, 0) is 23.8 Å². The number of hydrogen-bond acceptors (Lipinski definition) is 10. The van der Waals surface area contributed by atoms with E-state index in [1.165, 1.54) is 44.9 Å². The first-order valence-corrected chi connectivity index (χ1v) is 29.5. The molecule has 76 heavy (non-hydrogen) atoms. The second kappa shape index (κ2) is 51.6. The van der Waals surface area contributed by atoms with Gasteiger partial charge in [-0.25, -0.2) is 0 Å². The van der Waals surface area contributed by atoms with Crippen molar-refractivity contribution in [1.29, 1.82) is 0 Å². The van der Waals surface area contributed by atoms with Gasteiger partial charge < -0.3 is 45.1 Å². The second-order valence-corrected chi connectivity index (χ2v) is 19.7. The van der Waals surface area contributed by atoms with Crippen molar-refractivity contribution in [2.24, 2.45) is 0 Å². The summed E-state index contributed by atoms with van der Waals surface area (Å²) < 4.78 is 17.5. The quantitative estimate of drug-likeness (QED) is 0.0149. The predicted molar refractivity (Wildman–Crippen MR) is 314 cm³/mol. The fraction of sp³-hybridized carbons (Fsp3) is 0.631. The highest BCUT2D eigenvalue weighted by molar-refractivity contribution is 5.80. The number of carbonyl (C=O) groups is 2. The molecular weight excluding hydrogens is 955 g/mol. The van der Waals surface area contributed by atoms with Gasteiger partial charge in [0.15, 0.2) is 12.4 Å². The van der Waals surface area contributed by atoms with Gasteiger partial charge in [0.25, 0.3) is 0 Å². The van der Waals surface area contributed by atoms with E-state index in [-0.39, 0.29) is 19.4 Å². The Balaban J connectivity index is 2.73. The van der Waals surface area contributed by atoms with Crippen molar-refractivity contribution in [3.05, 3.63) is 134 Å². The number of ether oxygens (including phenoxy) is 3. The van der Waals surface area contributed by atoms with Crippen LogP contribution in [0, 0.1) is 0 Å². The molecule has 1 fully saturated rings. The SMILES string of the molecule is CC/C=C\C/C=C\C/C=C\C/C=C\C/C=C\CCCCCCCCC(O)C(=O)NC(COC1OC(CO)C(O)C(O)C1OC(=O)CCC/C=C/C=C\C=C/C=C/C=C/CC)C(O)/C=C/CCCCCCCCCCCC. The summed E-state index contributed by atoms with van der Waals surface area (Å²) in [5, 5.41) is 56.8. The molecule has 8 atom stereocenters. The normalized spacial score (nSPS) is 20.1. The van der Waals surface area contributed by atoms with Gasteiger partial charge in [-0.1, -0.05) is 244 Å². The average Bonchev–Trinajstić information content (AvgIpc) is 3.42. The Morgan fingerprint density at radius 3 is 1.57 bits per heavy atom. The molecule has 1 heterocycles. The maximum absolute atomic E-state index is 13.4. The molecule has 0 aromatic carbocycles. The van der Waals surface area contributed by atoms with Crippen LogP contribution in [0.3, 0.4) is 0 Å². The molecule has 0 radical (unpaired) electrons. The number of nitrogens with one attached hydrogen (secondary N) is 1. The standard InChI is InChI=1S/C65H105NO10/c1-4-7-10-13-16-19-22-25-26-27-28-29-30-31-32-33-35-37-40-43-46-49-52-58(69)64(73)66-56(57(68)51-48-45-42-39-36-24-21-18-15-12-9-6-3)55-74-65-63(62(72)61(71)59(54-67)75-65)76-60(70)53-50-47-44-41-38-34-23-20-17-14-11-8-5-2/h7-8,10-11,14,16-17,19-20,23,25-26,28-29,31-32,34,38,41,44,48,51,56-59,61-63,65,67-69,71-72H,4-6,9,12-13,15,18,21-22,24,27,30,33,35-37,39-40,42-43,45-47,49-50,52-55H2,1-3H3,(H,66,73)/b10-7-,11-8+,17-14+,19-16-,23-20-,26-25-,29-28-,32-31-,38-34-,44-41+,51-48+. The molecule has 0 bridgehead atoms. The van der Waals surface area contributed by atoms with Crippen molar-refractivity contribution in [2.45, 2.75) is 250 Å². The fourth-order valence-electron chi connectivity index (χ4n) is 8.29. The number of aliphatic hydroxyl groups excluding tert-OH is 5. The van der Waals surface area contributed by atoms with E-state index >= 15 is 0 Å². The Bertz CT molecular complexity index is 1740. The molecule has 0 spiro atoms. The lowest BCUT2D eigenvalue weighted by molar-refractivity contribution is -0.305. The zero-order valence-corrected chi connectivity index (χ0v) is 47.3. The Hall–Kier alpha value is -4.20. The fourth-order valence-corrected chi connectivity index (χ4v) is 8.29. The van der Waals surface area contributed by atoms with Crippen molar-refractivity contribution >= 4 is 11.9 Å². The van der Waals surface area contributed by atoms with E-state index in [2.05, 4.69) is 92.9 Å². The van der Waals surface area contributed by atoms with Crippen LogP contribution in [0.5, 0.6) is 0 Å². The zero-order valence-electron chi connectivity index (χ0n) is 47.3. The lowest BCUT2D eigenvalue weighted by Gasteiger charge is -2.41. The molecular formula is C65H105NO10. The first kappa shape index (κ1) is 69.8. The van der Waals surface area contributed by atoms with E-state index in [4.69, 9.17) is 14.2 Å². The molecule has 1 saturated heterocycles. The number of allylic oxidation sites excluding steroid dienone is 21. The first-order valence-electron chi connectivity index (χ1n) is 29.5. The number of carbonyl (C=O) groups excluding carboxylic acids is 2. The molecule has 0 saturated carbocycles. The number of unbranched alkanes of at least 4 members (excludes halogenated alkanes) is 17. The van der Waals surface area contributed by atoms with Gasteiger partial charge in [0.05, 0.1) is 25.4 Å². The van der Waals surface area contributed by atoms with Gasteiger partial charge in [-0.2, -0.15) is 0 Å². The number of hydrogen-bond donors (Lipinski definition) is 6. The van der Waals surface area contributed by atoms with Gasteiger partial charge in [0.1, 0.15) is 24.4 Å². The third-order valence-corrected chi connectivity index (χ3v) is 12.9. The van der Waals surface area contributed by atoms with Gasteiger partial charge in [0, 0.05) is 6.42 Å². The molecule has 430 valence electrons. The van der Waals surface area contributed by atoms with Gasteiger partial charge in [-0.15, -0.1) is 0 Å². The van der Waals surface area contributed by atoms with Gasteiger partial charge in [-0.05, 0) is 83.5 Å². The summed E-state index contributed by atoms with van der Waals surface area (Å²) in [6, 6.07) is -1.05. The largest absolute Gasteiger partial charge is 0.454 e. The van der Waals surface area contributed by atoms with E-state index in [1.54, 1.807) is 6.08 Å². The Labute approximate surface area is 461 Å². The van der Waals surface area contributed by atoms with Crippen LogP contribution in [0.4, 0.5) is 0 Å². The van der Waals surface area contributed by atoms with Crippen molar-refractivity contribution in [3.63, 3.8) is 0 Å². The first-order chi connectivity index (χ1) is 37.2. The minimum atomic E-state index is -1.65. The summed E-state index contributed by atoms with van der Waals surface area (Å²) in [5.41, 5.74) is 0. The van der Waals surface area contributed by atoms with Crippen LogP contribution in [0.1, 0.15) is 201 Å². The van der Waals surface area contributed by atoms with Crippen molar-refractivity contribution in [2.75, 3.05) is 13.2 Å². The van der Waals surface area contributed by atoms with Crippen LogP contribution in [0.15, 0.2) is 134 Å². The number of esters is 1. The minimum Gasteiger partial charge on any atom is -0.454 e.